The lowest BCUT2D eigenvalue weighted by molar-refractivity contribution is 0.0572. The van der Waals surface area contributed by atoms with E-state index in [-0.39, 0.29) is 11.8 Å². The fourth-order valence-electron chi connectivity index (χ4n) is 4.10. The van der Waals surface area contributed by atoms with E-state index in [1.165, 1.54) is 30.0 Å². The molecule has 1 saturated heterocycles. The minimum Gasteiger partial charge on any atom is -0.443 e. The summed E-state index contributed by atoms with van der Waals surface area (Å²) in [7, 11) is 0. The SMILES string of the molecule is CC(C)(C)OC(=O)NSN1CCC(c2ccc(NC(=O)N3Cc4cc(F)cnc4C3)cc2)CC1. The van der Waals surface area contributed by atoms with Crippen molar-refractivity contribution in [3.8, 4) is 0 Å². The molecule has 10 heteroatoms. The maximum absolute atomic E-state index is 13.4. The predicted molar refractivity (Wildman–Crippen MR) is 129 cm³/mol. The first-order valence-corrected chi connectivity index (χ1v) is 12.1. The molecule has 1 fully saturated rings. The summed E-state index contributed by atoms with van der Waals surface area (Å²) in [5.41, 5.74) is 2.92. The molecule has 0 aliphatic carbocycles. The van der Waals surface area contributed by atoms with Gasteiger partial charge in [0.1, 0.15) is 11.4 Å². The maximum Gasteiger partial charge on any atom is 0.418 e. The molecule has 2 aromatic rings. The third kappa shape index (κ3) is 6.38. The Hall–Kier alpha value is -2.85. The highest BCUT2D eigenvalue weighted by atomic mass is 32.2. The highest BCUT2D eigenvalue weighted by Crippen LogP contribution is 2.31. The Labute approximate surface area is 203 Å². The molecular weight excluding hydrogens is 457 g/mol. The molecule has 2 N–H and O–H groups in total. The average molecular weight is 488 g/mol. The number of aromatic nitrogens is 1. The number of benzene rings is 1. The van der Waals surface area contributed by atoms with Crippen molar-refractivity contribution < 1.29 is 18.7 Å². The number of hydrogen-bond donors (Lipinski definition) is 2. The van der Waals surface area contributed by atoms with Gasteiger partial charge in [-0.3, -0.25) is 9.71 Å². The van der Waals surface area contributed by atoms with E-state index in [1.807, 2.05) is 32.9 Å². The second kappa shape index (κ2) is 10.2. The number of hydrogen-bond acceptors (Lipinski definition) is 6. The summed E-state index contributed by atoms with van der Waals surface area (Å²) in [6.45, 7) is 7.95. The number of pyridine rings is 1. The zero-order valence-electron chi connectivity index (χ0n) is 19.6. The van der Waals surface area contributed by atoms with Gasteiger partial charge in [-0.2, -0.15) is 0 Å². The van der Waals surface area contributed by atoms with E-state index < -0.39 is 11.7 Å². The van der Waals surface area contributed by atoms with Gasteiger partial charge in [0.05, 0.1) is 18.4 Å². The van der Waals surface area contributed by atoms with Gasteiger partial charge in [0, 0.05) is 37.5 Å². The van der Waals surface area contributed by atoms with Crippen molar-refractivity contribution in [2.24, 2.45) is 0 Å². The second-order valence-corrected chi connectivity index (χ2v) is 10.5. The first-order chi connectivity index (χ1) is 16.2. The summed E-state index contributed by atoms with van der Waals surface area (Å²) in [4.78, 5) is 30.1. The summed E-state index contributed by atoms with van der Waals surface area (Å²) in [6.07, 6.45) is 2.70. The van der Waals surface area contributed by atoms with Gasteiger partial charge in [-0.15, -0.1) is 0 Å². The van der Waals surface area contributed by atoms with Crippen molar-refractivity contribution >= 4 is 29.9 Å². The molecule has 0 spiro atoms. The highest BCUT2D eigenvalue weighted by Gasteiger charge is 2.26. The molecule has 34 heavy (non-hydrogen) atoms. The fraction of sp³-hybridized carbons (Fsp3) is 0.458. The third-order valence-corrected chi connectivity index (χ3v) is 6.64. The standard InChI is InChI=1S/C24H30FN5O3S/c1-24(2,3)33-23(32)28-34-30-10-8-17(9-11-30)16-4-6-20(7-5-16)27-22(31)29-14-18-12-19(25)13-26-21(18)15-29/h4-7,12-13,17H,8-11,14-15H2,1-3H3,(H,27,31)(H,28,32). The average Bonchev–Trinajstić information content (AvgIpc) is 3.21. The van der Waals surface area contributed by atoms with Crippen LogP contribution in [0.1, 0.15) is 56.4 Å². The number of nitrogens with zero attached hydrogens (tertiary/aromatic N) is 3. The number of anilines is 1. The van der Waals surface area contributed by atoms with Crippen LogP contribution in [0.4, 0.5) is 19.7 Å². The fourth-order valence-corrected chi connectivity index (χ4v) is 4.74. The Balaban J connectivity index is 1.22. The lowest BCUT2D eigenvalue weighted by Crippen LogP contribution is -2.34. The monoisotopic (exact) mass is 487 g/mol. The highest BCUT2D eigenvalue weighted by molar-refractivity contribution is 7.95. The summed E-state index contributed by atoms with van der Waals surface area (Å²) in [5, 5.41) is 2.92. The van der Waals surface area contributed by atoms with E-state index in [0.717, 1.165) is 42.9 Å². The quantitative estimate of drug-likeness (QED) is 0.588. The lowest BCUT2D eigenvalue weighted by Gasteiger charge is -2.31. The van der Waals surface area contributed by atoms with Crippen molar-refractivity contribution in [2.75, 3.05) is 18.4 Å². The van der Waals surface area contributed by atoms with Crippen LogP contribution in [0.15, 0.2) is 36.5 Å². The third-order valence-electron chi connectivity index (χ3n) is 5.76. The molecule has 1 aromatic carbocycles. The van der Waals surface area contributed by atoms with Crippen LogP contribution in [0.5, 0.6) is 0 Å². The number of piperidine rings is 1. The van der Waals surface area contributed by atoms with Gasteiger partial charge in [-0.05, 0) is 68.9 Å². The number of halogens is 1. The molecule has 3 amide bonds. The van der Waals surface area contributed by atoms with Crippen LogP contribution in [0, 0.1) is 5.82 Å². The number of nitrogens with one attached hydrogen (secondary N) is 2. The van der Waals surface area contributed by atoms with Gasteiger partial charge in [0.2, 0.25) is 0 Å². The smallest absolute Gasteiger partial charge is 0.418 e. The predicted octanol–water partition coefficient (Wildman–Crippen LogP) is 5.04. The first kappa shape index (κ1) is 24.3. The van der Waals surface area contributed by atoms with Crippen molar-refractivity contribution in [2.45, 2.75) is 58.2 Å². The minimum atomic E-state index is -0.515. The van der Waals surface area contributed by atoms with Gasteiger partial charge in [0.15, 0.2) is 0 Å². The van der Waals surface area contributed by atoms with Gasteiger partial charge < -0.3 is 15.0 Å². The zero-order valence-corrected chi connectivity index (χ0v) is 20.5. The number of amides is 3. The van der Waals surface area contributed by atoms with Gasteiger partial charge in [0.25, 0.3) is 0 Å². The number of ether oxygens (including phenoxy) is 1. The largest absolute Gasteiger partial charge is 0.443 e. The molecule has 182 valence electrons. The van der Waals surface area contributed by atoms with Crippen LogP contribution in [-0.2, 0) is 17.8 Å². The number of fused-ring (bicyclic) bond motifs is 1. The molecule has 0 unspecified atom stereocenters. The van der Waals surface area contributed by atoms with Gasteiger partial charge in [-0.25, -0.2) is 18.3 Å². The summed E-state index contributed by atoms with van der Waals surface area (Å²) in [6, 6.07) is 9.14. The number of urea groups is 1. The molecule has 0 atom stereocenters. The summed E-state index contributed by atoms with van der Waals surface area (Å²) < 4.78 is 23.5. The van der Waals surface area contributed by atoms with Crippen LogP contribution in [0.3, 0.4) is 0 Å². The van der Waals surface area contributed by atoms with Gasteiger partial charge in [-0.1, -0.05) is 12.1 Å². The van der Waals surface area contributed by atoms with E-state index in [0.29, 0.717) is 19.0 Å². The van der Waals surface area contributed by atoms with E-state index in [4.69, 9.17) is 4.74 Å². The summed E-state index contributed by atoms with van der Waals surface area (Å²) >= 11 is 1.29. The lowest BCUT2D eigenvalue weighted by atomic mass is 9.90. The van der Waals surface area contributed by atoms with Crippen LogP contribution >= 0.6 is 12.1 Å². The zero-order chi connectivity index (χ0) is 24.3. The van der Waals surface area contributed by atoms with Crippen LogP contribution in [0.25, 0.3) is 0 Å². The Morgan fingerprint density at radius 2 is 1.85 bits per heavy atom. The molecule has 4 rings (SSSR count). The molecule has 0 radical (unpaired) electrons. The van der Waals surface area contributed by atoms with E-state index in [2.05, 4.69) is 31.5 Å². The second-order valence-electron chi connectivity index (χ2n) is 9.57. The van der Waals surface area contributed by atoms with Crippen molar-refractivity contribution in [1.82, 2.24) is 18.9 Å². The number of rotatable bonds is 4. The van der Waals surface area contributed by atoms with Gasteiger partial charge >= 0.3 is 12.1 Å². The van der Waals surface area contributed by atoms with Crippen LogP contribution < -0.4 is 10.0 Å². The molecule has 1 aromatic heterocycles. The van der Waals surface area contributed by atoms with E-state index >= 15 is 0 Å². The van der Waals surface area contributed by atoms with Crippen LogP contribution in [0.2, 0.25) is 0 Å². The maximum atomic E-state index is 13.4. The van der Waals surface area contributed by atoms with Crippen molar-refractivity contribution in [3.05, 3.63) is 59.2 Å². The number of carbonyl (C=O) groups is 2. The topological polar surface area (TPSA) is 86.8 Å². The molecule has 2 aliphatic rings. The normalized spacial score (nSPS) is 16.8. The molecule has 2 aliphatic heterocycles. The van der Waals surface area contributed by atoms with Crippen molar-refractivity contribution in [1.29, 1.82) is 0 Å². The van der Waals surface area contributed by atoms with Crippen LogP contribution in [-0.4, -0.2) is 45.0 Å². The Kier molecular flexibility index (Phi) is 7.27. The minimum absolute atomic E-state index is 0.228. The van der Waals surface area contributed by atoms with Crippen molar-refractivity contribution in [3.63, 3.8) is 0 Å². The van der Waals surface area contributed by atoms with E-state index in [1.54, 1.807) is 4.90 Å². The molecule has 3 heterocycles. The summed E-state index contributed by atoms with van der Waals surface area (Å²) in [5.74, 6) is 0.0394. The molecule has 0 saturated carbocycles. The molecule has 8 nitrogen and oxygen atoms in total. The Bertz CT molecular complexity index is 1040. The Morgan fingerprint density at radius 1 is 1.15 bits per heavy atom. The molecule has 0 bridgehead atoms. The first-order valence-electron chi connectivity index (χ1n) is 11.4. The number of carbonyl (C=O) groups excluding carboxylic acids is 2. The van der Waals surface area contributed by atoms with E-state index in [9.17, 15) is 14.0 Å². The Morgan fingerprint density at radius 3 is 2.53 bits per heavy atom. The molecular formula is C24H30FN5O3S.